The number of primary amides is 1. The van der Waals surface area contributed by atoms with E-state index in [-0.39, 0.29) is 18.7 Å². The molecule has 1 atom stereocenters. The Hall–Kier alpha value is -2.48. The van der Waals surface area contributed by atoms with Crippen LogP contribution in [0.1, 0.15) is 18.4 Å². The van der Waals surface area contributed by atoms with Gasteiger partial charge < -0.3 is 30.6 Å². The number of hydrogen-bond acceptors (Lipinski definition) is 5. The molecule has 0 radical (unpaired) electrons. The molecule has 1 fully saturated rings. The van der Waals surface area contributed by atoms with E-state index in [1.54, 1.807) is 18.2 Å². The van der Waals surface area contributed by atoms with Crippen molar-refractivity contribution < 1.29 is 23.8 Å². The van der Waals surface area contributed by atoms with E-state index < -0.39 is 5.91 Å². The Balaban J connectivity index is 1.80. The molecule has 4 N–H and O–H groups in total. The number of nitrogens with two attached hydrogens (primary N) is 1. The first-order valence-corrected chi connectivity index (χ1v) is 7.80. The number of hydrogen-bond donors (Lipinski definition) is 3. The molecular formula is C16H23N3O5. The van der Waals surface area contributed by atoms with Crippen molar-refractivity contribution in [1.82, 2.24) is 10.6 Å². The van der Waals surface area contributed by atoms with E-state index in [2.05, 4.69) is 10.6 Å². The lowest BCUT2D eigenvalue weighted by molar-refractivity contribution is -0.119. The molecule has 2 rings (SSSR count). The molecule has 0 unspecified atom stereocenters. The molecule has 1 heterocycles. The predicted molar refractivity (Wildman–Crippen MR) is 86.9 cm³/mol. The van der Waals surface area contributed by atoms with E-state index in [0.717, 1.165) is 25.0 Å². The number of rotatable bonds is 8. The summed E-state index contributed by atoms with van der Waals surface area (Å²) in [6.45, 7) is 1.39. The zero-order valence-electron chi connectivity index (χ0n) is 13.7. The average molecular weight is 337 g/mol. The van der Waals surface area contributed by atoms with Crippen LogP contribution < -0.4 is 25.8 Å². The molecular weight excluding hydrogens is 314 g/mol. The Morgan fingerprint density at radius 3 is 2.83 bits per heavy atom. The van der Waals surface area contributed by atoms with Crippen molar-refractivity contribution >= 4 is 11.9 Å². The molecule has 1 aromatic carbocycles. The van der Waals surface area contributed by atoms with E-state index in [0.29, 0.717) is 24.6 Å². The second kappa shape index (κ2) is 8.97. The van der Waals surface area contributed by atoms with E-state index in [1.807, 2.05) is 0 Å². The maximum absolute atomic E-state index is 11.8. The minimum absolute atomic E-state index is 0.109. The molecule has 0 aromatic heterocycles. The van der Waals surface area contributed by atoms with Gasteiger partial charge in [-0.2, -0.15) is 0 Å². The number of methoxy groups -OCH3 is 1. The van der Waals surface area contributed by atoms with Gasteiger partial charge in [0.1, 0.15) is 0 Å². The van der Waals surface area contributed by atoms with E-state index >= 15 is 0 Å². The van der Waals surface area contributed by atoms with Crippen LogP contribution in [0.5, 0.6) is 11.5 Å². The molecule has 132 valence electrons. The third kappa shape index (κ3) is 5.62. The standard InChI is InChI=1S/C16H23N3O5/c1-22-14-7-11(4-5-13(14)24-10-15(17)20)8-18-16(21)19-9-12-3-2-6-23-12/h4-5,7,12H,2-3,6,8-10H2,1H3,(H2,17,20)(H2,18,19,21)/t12-/m1/s1. The lowest BCUT2D eigenvalue weighted by atomic mass is 10.2. The summed E-state index contributed by atoms with van der Waals surface area (Å²) in [7, 11) is 1.50. The number of urea groups is 1. The van der Waals surface area contributed by atoms with Crippen molar-refractivity contribution in [3.8, 4) is 11.5 Å². The average Bonchev–Trinajstić information content (AvgIpc) is 3.10. The van der Waals surface area contributed by atoms with Gasteiger partial charge in [-0.25, -0.2) is 4.79 Å². The monoisotopic (exact) mass is 337 g/mol. The van der Waals surface area contributed by atoms with Crippen LogP contribution in [0.3, 0.4) is 0 Å². The van der Waals surface area contributed by atoms with Gasteiger partial charge in [-0.1, -0.05) is 6.07 Å². The Kier molecular flexibility index (Phi) is 6.68. The first kappa shape index (κ1) is 17.9. The van der Waals surface area contributed by atoms with Crippen LogP contribution in [0.4, 0.5) is 4.79 Å². The quantitative estimate of drug-likeness (QED) is 0.641. The second-order valence-corrected chi connectivity index (χ2v) is 5.44. The topological polar surface area (TPSA) is 112 Å². The minimum Gasteiger partial charge on any atom is -0.493 e. The Morgan fingerprint density at radius 2 is 2.17 bits per heavy atom. The highest BCUT2D eigenvalue weighted by Crippen LogP contribution is 2.27. The molecule has 1 aromatic rings. The minimum atomic E-state index is -0.564. The first-order chi connectivity index (χ1) is 11.6. The third-order valence-corrected chi connectivity index (χ3v) is 3.57. The second-order valence-electron chi connectivity index (χ2n) is 5.44. The number of carbonyl (C=O) groups excluding carboxylic acids is 2. The fourth-order valence-corrected chi connectivity index (χ4v) is 2.35. The van der Waals surface area contributed by atoms with Crippen LogP contribution in [0.15, 0.2) is 18.2 Å². The normalized spacial score (nSPS) is 16.5. The number of carbonyl (C=O) groups is 2. The molecule has 1 saturated heterocycles. The summed E-state index contributed by atoms with van der Waals surface area (Å²) in [5.74, 6) is 0.323. The van der Waals surface area contributed by atoms with Crippen LogP contribution >= 0.6 is 0 Å². The summed E-state index contributed by atoms with van der Waals surface area (Å²) in [5.41, 5.74) is 5.89. The summed E-state index contributed by atoms with van der Waals surface area (Å²) in [6.07, 6.45) is 2.12. The van der Waals surface area contributed by atoms with Crippen molar-refractivity contribution in [2.45, 2.75) is 25.5 Å². The van der Waals surface area contributed by atoms with Crippen molar-refractivity contribution in [2.75, 3.05) is 26.9 Å². The van der Waals surface area contributed by atoms with E-state index in [1.165, 1.54) is 7.11 Å². The van der Waals surface area contributed by atoms with Gasteiger partial charge in [0.15, 0.2) is 18.1 Å². The summed E-state index contributed by atoms with van der Waals surface area (Å²) in [6, 6.07) is 4.93. The van der Waals surface area contributed by atoms with E-state index in [4.69, 9.17) is 19.9 Å². The summed E-state index contributed by atoms with van der Waals surface area (Å²) in [5, 5.41) is 5.55. The van der Waals surface area contributed by atoms with Crippen LogP contribution in [-0.4, -0.2) is 44.9 Å². The lowest BCUT2D eigenvalue weighted by Gasteiger charge is -2.13. The van der Waals surface area contributed by atoms with Gasteiger partial charge >= 0.3 is 6.03 Å². The van der Waals surface area contributed by atoms with Crippen molar-refractivity contribution in [3.05, 3.63) is 23.8 Å². The summed E-state index contributed by atoms with van der Waals surface area (Å²) in [4.78, 5) is 22.6. The van der Waals surface area contributed by atoms with Crippen LogP contribution in [-0.2, 0) is 16.1 Å². The van der Waals surface area contributed by atoms with Gasteiger partial charge in [-0.3, -0.25) is 4.79 Å². The molecule has 8 nitrogen and oxygen atoms in total. The Bertz CT molecular complexity index is 573. The molecule has 8 heteroatoms. The summed E-state index contributed by atoms with van der Waals surface area (Å²) >= 11 is 0. The van der Waals surface area contributed by atoms with Gasteiger partial charge in [0, 0.05) is 19.7 Å². The molecule has 1 aliphatic heterocycles. The third-order valence-electron chi connectivity index (χ3n) is 3.57. The number of ether oxygens (including phenoxy) is 3. The maximum atomic E-state index is 11.8. The fraction of sp³-hybridized carbons (Fsp3) is 0.500. The highest BCUT2D eigenvalue weighted by molar-refractivity contribution is 5.75. The lowest BCUT2D eigenvalue weighted by Crippen LogP contribution is -2.39. The zero-order chi connectivity index (χ0) is 17.4. The highest BCUT2D eigenvalue weighted by Gasteiger charge is 2.16. The number of nitrogens with one attached hydrogen (secondary N) is 2. The van der Waals surface area contributed by atoms with Gasteiger partial charge in [-0.15, -0.1) is 0 Å². The molecule has 24 heavy (non-hydrogen) atoms. The van der Waals surface area contributed by atoms with Crippen LogP contribution in [0.25, 0.3) is 0 Å². The maximum Gasteiger partial charge on any atom is 0.315 e. The van der Waals surface area contributed by atoms with Gasteiger partial charge in [-0.05, 0) is 30.5 Å². The van der Waals surface area contributed by atoms with E-state index in [9.17, 15) is 9.59 Å². The predicted octanol–water partition coefficient (Wildman–Crippen LogP) is 0.538. The SMILES string of the molecule is COc1cc(CNC(=O)NC[C@H]2CCCO2)ccc1OCC(N)=O. The Morgan fingerprint density at radius 1 is 1.33 bits per heavy atom. The molecule has 0 aliphatic carbocycles. The molecule has 0 bridgehead atoms. The van der Waals surface area contributed by atoms with Crippen molar-refractivity contribution in [2.24, 2.45) is 5.73 Å². The van der Waals surface area contributed by atoms with Gasteiger partial charge in [0.25, 0.3) is 5.91 Å². The summed E-state index contributed by atoms with van der Waals surface area (Å²) < 4.78 is 15.9. The van der Waals surface area contributed by atoms with Crippen LogP contribution in [0, 0.1) is 0 Å². The zero-order valence-corrected chi connectivity index (χ0v) is 13.7. The van der Waals surface area contributed by atoms with Gasteiger partial charge in [0.2, 0.25) is 0 Å². The van der Waals surface area contributed by atoms with Gasteiger partial charge in [0.05, 0.1) is 13.2 Å². The molecule has 0 saturated carbocycles. The molecule has 3 amide bonds. The van der Waals surface area contributed by atoms with Crippen LogP contribution in [0.2, 0.25) is 0 Å². The first-order valence-electron chi connectivity index (χ1n) is 7.80. The van der Waals surface area contributed by atoms with Crippen molar-refractivity contribution in [1.29, 1.82) is 0 Å². The highest BCUT2D eigenvalue weighted by atomic mass is 16.5. The molecule has 0 spiro atoms. The van der Waals surface area contributed by atoms with Crippen molar-refractivity contribution in [3.63, 3.8) is 0 Å². The smallest absolute Gasteiger partial charge is 0.315 e. The largest absolute Gasteiger partial charge is 0.493 e. The number of amides is 3. The Labute approximate surface area is 140 Å². The number of benzene rings is 1. The molecule has 1 aliphatic rings. The fourth-order valence-electron chi connectivity index (χ4n) is 2.35.